The van der Waals surface area contributed by atoms with Gasteiger partial charge in [-0.25, -0.2) is 5.43 Å². The summed E-state index contributed by atoms with van der Waals surface area (Å²) >= 11 is 9.16. The van der Waals surface area contributed by atoms with Crippen LogP contribution in [-0.2, 0) is 6.42 Å². The van der Waals surface area contributed by atoms with E-state index >= 15 is 0 Å². The molecule has 0 fully saturated rings. The monoisotopic (exact) mass is 544 g/mol. The number of aryl methyl sites for hydroxylation is 1. The highest BCUT2D eigenvalue weighted by Gasteiger charge is 2.28. The molecule has 1 aromatic heterocycles. The molecular weight excluding hydrogens is 528 g/mol. The lowest BCUT2D eigenvalue weighted by molar-refractivity contribution is -0.384. The Labute approximate surface area is 207 Å². The van der Waals surface area contributed by atoms with E-state index < -0.39 is 10.8 Å². The number of carbonyl (C=O) groups is 2. The average molecular weight is 546 g/mol. The molecule has 3 aromatic rings. The number of amides is 2. The summed E-state index contributed by atoms with van der Waals surface area (Å²) in [7, 11) is 0. The second-order valence-electron chi connectivity index (χ2n) is 7.59. The van der Waals surface area contributed by atoms with Gasteiger partial charge in [-0.15, -0.1) is 0 Å². The lowest BCUT2D eigenvalue weighted by atomic mass is 9.93. The zero-order chi connectivity index (χ0) is 24.4. The molecular formula is C23H18BrClN4O5. The predicted molar refractivity (Wildman–Crippen MR) is 131 cm³/mol. The third kappa shape index (κ3) is 4.87. The van der Waals surface area contributed by atoms with Crippen LogP contribution in [0.1, 0.15) is 50.6 Å². The molecule has 0 aliphatic heterocycles. The number of hydrazone groups is 1. The van der Waals surface area contributed by atoms with E-state index in [0.29, 0.717) is 41.1 Å². The minimum atomic E-state index is -0.659. The van der Waals surface area contributed by atoms with Crippen molar-refractivity contribution in [2.24, 2.45) is 5.10 Å². The standard InChI is InChI=1S/C23H18BrClN4O5/c1-12-20-17(27-28-22(30)13-5-10-16(25)18(11-13)29(32)33)3-2-4-19(20)34-21(12)23(31)26-15-8-6-14(24)7-9-15/h5-11H,2-4H2,1H3,(H,26,31)(H,28,30)/b27-17+. The highest BCUT2D eigenvalue weighted by atomic mass is 79.9. The lowest BCUT2D eigenvalue weighted by Crippen LogP contribution is -2.22. The molecule has 9 nitrogen and oxygen atoms in total. The minimum Gasteiger partial charge on any atom is -0.455 e. The maximum atomic E-state index is 12.8. The number of hydrogen-bond acceptors (Lipinski definition) is 6. The number of halogens is 2. The van der Waals surface area contributed by atoms with Crippen molar-refractivity contribution in [2.45, 2.75) is 26.2 Å². The van der Waals surface area contributed by atoms with Crippen molar-refractivity contribution < 1.29 is 18.9 Å². The molecule has 4 rings (SSSR count). The van der Waals surface area contributed by atoms with Gasteiger partial charge in [-0.3, -0.25) is 19.7 Å². The average Bonchev–Trinajstić information content (AvgIpc) is 3.16. The summed E-state index contributed by atoms with van der Waals surface area (Å²) in [5.41, 5.74) is 4.64. The van der Waals surface area contributed by atoms with Gasteiger partial charge in [0.25, 0.3) is 17.5 Å². The second kappa shape index (κ2) is 9.78. The van der Waals surface area contributed by atoms with Crippen molar-refractivity contribution >= 4 is 56.4 Å². The molecule has 1 heterocycles. The first kappa shape index (κ1) is 23.7. The molecule has 0 unspecified atom stereocenters. The van der Waals surface area contributed by atoms with Crippen molar-refractivity contribution in [3.63, 3.8) is 0 Å². The summed E-state index contributed by atoms with van der Waals surface area (Å²) in [6.45, 7) is 1.77. The van der Waals surface area contributed by atoms with Crippen LogP contribution in [-0.4, -0.2) is 22.4 Å². The van der Waals surface area contributed by atoms with Gasteiger partial charge < -0.3 is 9.73 Å². The van der Waals surface area contributed by atoms with Gasteiger partial charge in [0.1, 0.15) is 10.8 Å². The number of benzene rings is 2. The van der Waals surface area contributed by atoms with E-state index in [1.807, 2.05) is 12.1 Å². The second-order valence-corrected chi connectivity index (χ2v) is 8.91. The third-order valence-electron chi connectivity index (χ3n) is 5.33. The van der Waals surface area contributed by atoms with Crippen LogP contribution in [0.3, 0.4) is 0 Å². The Bertz CT molecular complexity index is 1330. The number of hydrogen-bond donors (Lipinski definition) is 2. The number of rotatable bonds is 5. The molecule has 0 radical (unpaired) electrons. The molecule has 0 spiro atoms. The molecule has 2 amide bonds. The molecule has 11 heteroatoms. The summed E-state index contributed by atoms with van der Waals surface area (Å²) in [4.78, 5) is 35.8. The number of nitro benzene ring substituents is 1. The zero-order valence-electron chi connectivity index (χ0n) is 17.9. The zero-order valence-corrected chi connectivity index (χ0v) is 20.2. The summed E-state index contributed by atoms with van der Waals surface area (Å²) in [6, 6.07) is 10.9. The highest BCUT2D eigenvalue weighted by molar-refractivity contribution is 9.10. The van der Waals surface area contributed by atoms with E-state index in [1.165, 1.54) is 12.1 Å². The molecule has 2 N–H and O–H groups in total. The van der Waals surface area contributed by atoms with Gasteiger partial charge in [0.05, 0.1) is 10.6 Å². The van der Waals surface area contributed by atoms with Crippen LogP contribution in [0, 0.1) is 17.0 Å². The third-order valence-corrected chi connectivity index (χ3v) is 6.18. The van der Waals surface area contributed by atoms with Crippen LogP contribution >= 0.6 is 27.5 Å². The van der Waals surface area contributed by atoms with Crippen molar-refractivity contribution in [2.75, 3.05) is 5.32 Å². The Kier molecular flexibility index (Phi) is 6.80. The minimum absolute atomic E-state index is 0.0509. The molecule has 34 heavy (non-hydrogen) atoms. The molecule has 0 bridgehead atoms. The van der Waals surface area contributed by atoms with Crippen molar-refractivity contribution in [3.05, 3.63) is 90.3 Å². The van der Waals surface area contributed by atoms with Crippen LogP contribution in [0.5, 0.6) is 0 Å². The molecule has 0 atom stereocenters. The largest absolute Gasteiger partial charge is 0.455 e. The Morgan fingerprint density at radius 1 is 1.15 bits per heavy atom. The molecule has 0 saturated heterocycles. The first-order chi connectivity index (χ1) is 16.2. The van der Waals surface area contributed by atoms with Crippen molar-refractivity contribution in [3.8, 4) is 0 Å². The van der Waals surface area contributed by atoms with E-state index in [1.54, 1.807) is 19.1 Å². The Balaban J connectivity index is 1.56. The number of carbonyl (C=O) groups excluding carboxylic acids is 2. The fraction of sp³-hybridized carbons (Fsp3) is 0.174. The number of nitrogens with one attached hydrogen (secondary N) is 2. The Morgan fingerprint density at radius 2 is 1.88 bits per heavy atom. The van der Waals surface area contributed by atoms with Gasteiger partial charge in [0.15, 0.2) is 5.76 Å². The van der Waals surface area contributed by atoms with Gasteiger partial charge in [-0.05, 0) is 56.2 Å². The topological polar surface area (TPSA) is 127 Å². The van der Waals surface area contributed by atoms with Crippen molar-refractivity contribution in [1.29, 1.82) is 0 Å². The number of fused-ring (bicyclic) bond motifs is 1. The van der Waals surface area contributed by atoms with Crippen LogP contribution < -0.4 is 10.7 Å². The van der Waals surface area contributed by atoms with E-state index in [4.69, 9.17) is 16.0 Å². The quantitative estimate of drug-likeness (QED) is 0.317. The van der Waals surface area contributed by atoms with E-state index in [9.17, 15) is 19.7 Å². The first-order valence-electron chi connectivity index (χ1n) is 10.2. The lowest BCUT2D eigenvalue weighted by Gasteiger charge is -2.13. The summed E-state index contributed by atoms with van der Waals surface area (Å²) in [6.07, 6.45) is 1.94. The number of furan rings is 1. The van der Waals surface area contributed by atoms with Crippen LogP contribution in [0.2, 0.25) is 5.02 Å². The molecule has 1 aliphatic rings. The van der Waals surface area contributed by atoms with E-state index in [-0.39, 0.29) is 27.9 Å². The fourth-order valence-electron chi connectivity index (χ4n) is 3.69. The van der Waals surface area contributed by atoms with Gasteiger partial charge >= 0.3 is 0 Å². The van der Waals surface area contributed by atoms with E-state index in [2.05, 4.69) is 31.8 Å². The van der Waals surface area contributed by atoms with E-state index in [0.717, 1.165) is 17.0 Å². The molecule has 2 aromatic carbocycles. The fourth-order valence-corrected chi connectivity index (χ4v) is 4.15. The maximum absolute atomic E-state index is 12.8. The Morgan fingerprint density at radius 3 is 2.59 bits per heavy atom. The summed E-state index contributed by atoms with van der Waals surface area (Å²) in [5, 5.41) is 18.1. The van der Waals surface area contributed by atoms with Crippen LogP contribution in [0.4, 0.5) is 11.4 Å². The normalized spacial score (nSPS) is 13.9. The smallest absolute Gasteiger partial charge is 0.291 e. The van der Waals surface area contributed by atoms with Crippen LogP contribution in [0.25, 0.3) is 0 Å². The maximum Gasteiger partial charge on any atom is 0.291 e. The van der Waals surface area contributed by atoms with Crippen LogP contribution in [0.15, 0.2) is 56.5 Å². The number of anilines is 1. The van der Waals surface area contributed by atoms with Gasteiger partial charge in [-0.2, -0.15) is 5.10 Å². The Hall–Kier alpha value is -3.50. The van der Waals surface area contributed by atoms with Gasteiger partial charge in [0.2, 0.25) is 0 Å². The SMILES string of the molecule is Cc1c(C(=O)Nc2ccc(Br)cc2)oc2c1/C(=N/NC(=O)c1ccc(Cl)c([N+](=O)[O-])c1)CCC2. The first-order valence-corrected chi connectivity index (χ1v) is 11.4. The predicted octanol–water partition coefficient (Wildman–Crippen LogP) is 5.63. The highest BCUT2D eigenvalue weighted by Crippen LogP contribution is 2.31. The summed E-state index contributed by atoms with van der Waals surface area (Å²) in [5.74, 6) is -0.193. The molecule has 174 valence electrons. The molecule has 0 saturated carbocycles. The molecule has 1 aliphatic carbocycles. The van der Waals surface area contributed by atoms with Gasteiger partial charge in [-0.1, -0.05) is 27.5 Å². The number of nitrogens with zero attached hydrogens (tertiary/aromatic N) is 2. The summed E-state index contributed by atoms with van der Waals surface area (Å²) < 4.78 is 6.76. The van der Waals surface area contributed by atoms with Crippen molar-refractivity contribution in [1.82, 2.24) is 5.43 Å². The number of nitro groups is 1. The van der Waals surface area contributed by atoms with Gasteiger partial charge in [0, 0.05) is 39.3 Å².